The SMILES string of the molecule is CNCCCSCCC[C@]1(C(=O)OC)C[C@@H](O)[C@@H](NC(C)=O)C([C@H](O)[C@H](O)CNC(=O)c2ccc(-c3ccccc3)cc2)O1. The molecule has 242 valence electrons. The van der Waals surface area contributed by atoms with Crippen LogP contribution in [0.5, 0.6) is 0 Å². The first-order valence-corrected chi connectivity index (χ1v) is 16.0. The standard InChI is InChI=1S/C32H45N3O8S/c1-21(36)35-27-25(37)19-32(31(41)42-3,15-7-17-44-18-8-16-33-2)43-29(27)28(39)26(38)20-34-30(40)24-13-11-23(12-14-24)22-9-5-4-6-10-22/h4-6,9-14,25-29,33,37-39H,7-8,15-20H2,1-3H3,(H,34,40)(H,35,36)/t25-,26-,27-,28-,29?,32-/m1/s1. The normalized spacial score (nSPS) is 22.9. The van der Waals surface area contributed by atoms with E-state index in [-0.39, 0.29) is 19.4 Å². The van der Waals surface area contributed by atoms with Gasteiger partial charge in [-0.05, 0) is 67.6 Å². The molecule has 2 amide bonds. The minimum atomic E-state index is -1.68. The number of carbonyl (C=O) groups excluding carboxylic acids is 3. The Kier molecular flexibility index (Phi) is 14.1. The first-order chi connectivity index (χ1) is 21.1. The number of rotatable bonds is 16. The predicted octanol–water partition coefficient (Wildman–Crippen LogP) is 1.49. The van der Waals surface area contributed by atoms with Crippen molar-refractivity contribution in [1.82, 2.24) is 16.0 Å². The number of hydrogen-bond acceptors (Lipinski definition) is 10. The van der Waals surface area contributed by atoms with Crippen LogP contribution in [0.25, 0.3) is 11.1 Å². The molecule has 11 nitrogen and oxygen atoms in total. The molecule has 1 unspecified atom stereocenters. The van der Waals surface area contributed by atoms with Crippen molar-refractivity contribution in [2.45, 2.75) is 68.7 Å². The minimum absolute atomic E-state index is 0.163. The average Bonchev–Trinajstić information content (AvgIpc) is 3.03. The third-order valence-electron chi connectivity index (χ3n) is 7.64. The van der Waals surface area contributed by atoms with Gasteiger partial charge in [-0.3, -0.25) is 9.59 Å². The number of carbonyl (C=O) groups is 3. The topological polar surface area (TPSA) is 166 Å². The van der Waals surface area contributed by atoms with E-state index in [0.29, 0.717) is 12.0 Å². The van der Waals surface area contributed by atoms with Crippen molar-refractivity contribution in [2.24, 2.45) is 0 Å². The van der Waals surface area contributed by atoms with Gasteiger partial charge >= 0.3 is 5.97 Å². The fourth-order valence-corrected chi connectivity index (χ4v) is 6.24. The molecule has 3 rings (SSSR count). The highest BCUT2D eigenvalue weighted by atomic mass is 32.2. The lowest BCUT2D eigenvalue weighted by Crippen LogP contribution is -2.67. The van der Waals surface area contributed by atoms with Crippen LogP contribution in [0.4, 0.5) is 0 Å². The number of hydrogen-bond donors (Lipinski definition) is 6. The molecule has 1 saturated heterocycles. The smallest absolute Gasteiger partial charge is 0.338 e. The van der Waals surface area contributed by atoms with E-state index in [1.54, 1.807) is 23.9 Å². The van der Waals surface area contributed by atoms with E-state index in [4.69, 9.17) is 9.47 Å². The molecular weight excluding hydrogens is 586 g/mol. The van der Waals surface area contributed by atoms with Crippen molar-refractivity contribution in [2.75, 3.05) is 38.8 Å². The summed E-state index contributed by atoms with van der Waals surface area (Å²) in [5.41, 5.74) is 0.716. The van der Waals surface area contributed by atoms with E-state index in [9.17, 15) is 29.7 Å². The molecule has 12 heteroatoms. The van der Waals surface area contributed by atoms with Crippen LogP contribution in [0.2, 0.25) is 0 Å². The molecule has 0 spiro atoms. The zero-order valence-electron chi connectivity index (χ0n) is 25.5. The molecule has 2 aromatic carbocycles. The van der Waals surface area contributed by atoms with Crippen molar-refractivity contribution in [1.29, 1.82) is 0 Å². The van der Waals surface area contributed by atoms with Crippen LogP contribution in [-0.2, 0) is 19.1 Å². The molecule has 0 saturated carbocycles. The van der Waals surface area contributed by atoms with Gasteiger partial charge in [-0.15, -0.1) is 0 Å². The van der Waals surface area contributed by atoms with Crippen molar-refractivity contribution < 1.29 is 39.2 Å². The monoisotopic (exact) mass is 631 g/mol. The highest BCUT2D eigenvalue weighted by Gasteiger charge is 2.54. The van der Waals surface area contributed by atoms with E-state index < -0.39 is 53.8 Å². The molecule has 1 heterocycles. The summed E-state index contributed by atoms with van der Waals surface area (Å²) in [7, 11) is 3.11. The summed E-state index contributed by atoms with van der Waals surface area (Å²) in [6, 6.07) is 15.5. The second kappa shape index (κ2) is 17.5. The maximum Gasteiger partial charge on any atom is 0.338 e. The van der Waals surface area contributed by atoms with Gasteiger partial charge in [0.15, 0.2) is 5.60 Å². The number of aliphatic hydroxyl groups excluding tert-OH is 3. The highest BCUT2D eigenvalue weighted by molar-refractivity contribution is 7.99. The van der Waals surface area contributed by atoms with Crippen LogP contribution < -0.4 is 16.0 Å². The Balaban J connectivity index is 1.68. The number of benzene rings is 2. The molecule has 0 aromatic heterocycles. The van der Waals surface area contributed by atoms with Crippen LogP contribution >= 0.6 is 11.8 Å². The van der Waals surface area contributed by atoms with Gasteiger partial charge in [0.25, 0.3) is 5.91 Å². The van der Waals surface area contributed by atoms with E-state index in [2.05, 4.69) is 16.0 Å². The number of ether oxygens (including phenoxy) is 2. The Morgan fingerprint density at radius 3 is 2.34 bits per heavy atom. The lowest BCUT2D eigenvalue weighted by Gasteiger charge is -2.47. The zero-order valence-corrected chi connectivity index (χ0v) is 26.3. The van der Waals surface area contributed by atoms with E-state index in [1.165, 1.54) is 14.0 Å². The molecule has 1 fully saturated rings. The first-order valence-electron chi connectivity index (χ1n) is 14.9. The lowest BCUT2D eigenvalue weighted by atomic mass is 9.81. The summed E-state index contributed by atoms with van der Waals surface area (Å²) in [4.78, 5) is 37.8. The quantitative estimate of drug-likeness (QED) is 0.118. The molecular formula is C32H45N3O8S. The molecule has 0 radical (unpaired) electrons. The van der Waals surface area contributed by atoms with Gasteiger partial charge in [0, 0.05) is 25.5 Å². The van der Waals surface area contributed by atoms with Crippen LogP contribution in [-0.4, -0.2) is 108 Å². The van der Waals surface area contributed by atoms with E-state index in [0.717, 1.165) is 35.6 Å². The Bertz CT molecular complexity index is 1200. The summed E-state index contributed by atoms with van der Waals surface area (Å²) >= 11 is 1.73. The second-order valence-corrected chi connectivity index (χ2v) is 12.2. The van der Waals surface area contributed by atoms with Crippen LogP contribution in [0.1, 0.15) is 43.0 Å². The van der Waals surface area contributed by atoms with Crippen LogP contribution in [0.3, 0.4) is 0 Å². The summed E-state index contributed by atoms with van der Waals surface area (Å²) in [6.07, 6.45) is -4.27. The van der Waals surface area contributed by atoms with Crippen LogP contribution in [0.15, 0.2) is 54.6 Å². The second-order valence-electron chi connectivity index (χ2n) is 11.0. The largest absolute Gasteiger partial charge is 0.467 e. The third kappa shape index (κ3) is 9.75. The van der Waals surface area contributed by atoms with Gasteiger partial charge in [-0.25, -0.2) is 4.79 Å². The molecule has 0 aliphatic carbocycles. The Morgan fingerprint density at radius 1 is 1.05 bits per heavy atom. The summed E-state index contributed by atoms with van der Waals surface area (Å²) in [5, 5.41) is 41.5. The fourth-order valence-electron chi connectivity index (χ4n) is 5.34. The minimum Gasteiger partial charge on any atom is -0.467 e. The number of thioether (sulfide) groups is 1. The van der Waals surface area contributed by atoms with Crippen molar-refractivity contribution in [3.63, 3.8) is 0 Å². The van der Waals surface area contributed by atoms with Gasteiger partial charge in [-0.1, -0.05) is 42.5 Å². The van der Waals surface area contributed by atoms with Crippen molar-refractivity contribution >= 4 is 29.5 Å². The average molecular weight is 632 g/mol. The molecule has 44 heavy (non-hydrogen) atoms. The number of methoxy groups -OCH3 is 1. The van der Waals surface area contributed by atoms with Crippen molar-refractivity contribution in [3.8, 4) is 11.1 Å². The Hall–Kier alpha value is -3.00. The van der Waals surface area contributed by atoms with E-state index >= 15 is 0 Å². The number of nitrogens with one attached hydrogen (secondary N) is 3. The third-order valence-corrected chi connectivity index (χ3v) is 8.79. The van der Waals surface area contributed by atoms with E-state index in [1.807, 2.05) is 49.5 Å². The summed E-state index contributed by atoms with van der Waals surface area (Å²) in [6.45, 7) is 1.81. The van der Waals surface area contributed by atoms with Crippen LogP contribution in [0, 0.1) is 0 Å². The van der Waals surface area contributed by atoms with Gasteiger partial charge in [0.05, 0.1) is 25.4 Å². The fraction of sp³-hybridized carbons (Fsp3) is 0.531. The summed E-state index contributed by atoms with van der Waals surface area (Å²) in [5.74, 6) is 0.0222. The number of esters is 1. The Labute approximate surface area is 263 Å². The maximum absolute atomic E-state index is 13.0. The molecule has 6 N–H and O–H groups in total. The van der Waals surface area contributed by atoms with Gasteiger partial charge in [-0.2, -0.15) is 11.8 Å². The first kappa shape index (κ1) is 35.5. The van der Waals surface area contributed by atoms with Gasteiger partial charge in [0.2, 0.25) is 5.91 Å². The molecule has 1 aliphatic heterocycles. The molecule has 1 aliphatic rings. The van der Waals surface area contributed by atoms with Crippen molar-refractivity contribution in [3.05, 3.63) is 60.2 Å². The molecule has 2 aromatic rings. The molecule has 0 bridgehead atoms. The summed E-state index contributed by atoms with van der Waals surface area (Å²) < 4.78 is 11.2. The lowest BCUT2D eigenvalue weighted by molar-refractivity contribution is -0.231. The number of amides is 2. The zero-order chi connectivity index (χ0) is 32.1. The maximum atomic E-state index is 13.0. The Morgan fingerprint density at radius 2 is 1.70 bits per heavy atom. The number of aliphatic hydroxyl groups is 3. The molecule has 6 atom stereocenters. The van der Waals surface area contributed by atoms with Gasteiger partial charge in [0.1, 0.15) is 12.2 Å². The van der Waals surface area contributed by atoms with Gasteiger partial charge < -0.3 is 40.7 Å². The predicted molar refractivity (Wildman–Crippen MR) is 169 cm³/mol. The highest BCUT2D eigenvalue weighted by Crippen LogP contribution is 2.37.